The lowest BCUT2D eigenvalue weighted by Gasteiger charge is -2.15. The van der Waals surface area contributed by atoms with E-state index in [1.807, 2.05) is 37.3 Å². The molecule has 2 aromatic rings. The van der Waals surface area contributed by atoms with E-state index in [4.69, 9.17) is 23.7 Å². The Kier molecular flexibility index (Phi) is 5.36. The first-order valence-corrected chi connectivity index (χ1v) is 8.11. The van der Waals surface area contributed by atoms with Crippen molar-refractivity contribution in [2.24, 2.45) is 0 Å². The molecule has 7 nitrogen and oxygen atoms in total. The predicted octanol–water partition coefficient (Wildman–Crippen LogP) is 2.44. The van der Waals surface area contributed by atoms with Crippen LogP contribution in [0, 0.1) is 6.92 Å². The van der Waals surface area contributed by atoms with Crippen LogP contribution in [-0.2, 0) is 11.3 Å². The van der Waals surface area contributed by atoms with Gasteiger partial charge in [0.2, 0.25) is 12.5 Å². The number of benzene rings is 2. The van der Waals surface area contributed by atoms with Crippen LogP contribution in [0.5, 0.6) is 28.7 Å². The van der Waals surface area contributed by atoms with E-state index in [0.29, 0.717) is 35.3 Å². The second-order valence-corrected chi connectivity index (χ2v) is 5.75. The number of nitrogens with one attached hydrogen (secondary N) is 1. The van der Waals surface area contributed by atoms with Crippen LogP contribution in [0.1, 0.15) is 11.1 Å². The van der Waals surface area contributed by atoms with Crippen LogP contribution in [0.15, 0.2) is 30.3 Å². The minimum Gasteiger partial charge on any atom is -0.493 e. The molecule has 0 aliphatic carbocycles. The maximum absolute atomic E-state index is 12.1. The molecule has 7 heteroatoms. The number of hydrogen-bond acceptors (Lipinski definition) is 6. The smallest absolute Gasteiger partial charge is 0.258 e. The fourth-order valence-corrected chi connectivity index (χ4v) is 2.59. The summed E-state index contributed by atoms with van der Waals surface area (Å²) in [5.74, 6) is 2.58. The van der Waals surface area contributed by atoms with Gasteiger partial charge >= 0.3 is 0 Å². The highest BCUT2D eigenvalue weighted by Gasteiger charge is 2.16. The highest BCUT2D eigenvalue weighted by molar-refractivity contribution is 5.77. The molecule has 0 saturated heterocycles. The second-order valence-electron chi connectivity index (χ2n) is 5.75. The van der Waals surface area contributed by atoms with Gasteiger partial charge in [-0.2, -0.15) is 0 Å². The number of carbonyl (C=O) groups is 1. The van der Waals surface area contributed by atoms with Crippen molar-refractivity contribution in [3.05, 3.63) is 41.5 Å². The molecule has 138 valence electrons. The van der Waals surface area contributed by atoms with Crippen LogP contribution in [0.4, 0.5) is 0 Å². The molecule has 2 aromatic carbocycles. The van der Waals surface area contributed by atoms with Gasteiger partial charge in [-0.05, 0) is 42.3 Å². The number of fused-ring (bicyclic) bond motifs is 1. The molecule has 1 aliphatic heterocycles. The van der Waals surface area contributed by atoms with E-state index in [-0.39, 0.29) is 19.3 Å². The molecule has 1 aliphatic rings. The van der Waals surface area contributed by atoms with Crippen LogP contribution in [0.3, 0.4) is 0 Å². The molecule has 1 N–H and O–H groups in total. The van der Waals surface area contributed by atoms with E-state index in [9.17, 15) is 4.79 Å². The van der Waals surface area contributed by atoms with Gasteiger partial charge in [0.25, 0.3) is 5.91 Å². The van der Waals surface area contributed by atoms with E-state index < -0.39 is 0 Å². The minimum atomic E-state index is -0.257. The third-order valence-corrected chi connectivity index (χ3v) is 3.88. The molecular formula is C19H21NO6. The lowest BCUT2D eigenvalue weighted by Crippen LogP contribution is -2.28. The average Bonchev–Trinajstić information content (AvgIpc) is 3.12. The second kappa shape index (κ2) is 7.86. The molecule has 0 atom stereocenters. The van der Waals surface area contributed by atoms with Gasteiger partial charge in [-0.3, -0.25) is 4.79 Å². The van der Waals surface area contributed by atoms with E-state index in [1.54, 1.807) is 14.2 Å². The van der Waals surface area contributed by atoms with Gasteiger partial charge in [0.05, 0.1) is 14.2 Å². The largest absolute Gasteiger partial charge is 0.493 e. The van der Waals surface area contributed by atoms with Crippen molar-refractivity contribution in [2.75, 3.05) is 27.6 Å². The van der Waals surface area contributed by atoms with Crippen molar-refractivity contribution < 1.29 is 28.5 Å². The minimum absolute atomic E-state index is 0.152. The number of hydrogen-bond donors (Lipinski definition) is 1. The van der Waals surface area contributed by atoms with Gasteiger partial charge in [-0.15, -0.1) is 0 Å². The van der Waals surface area contributed by atoms with Crippen molar-refractivity contribution in [1.29, 1.82) is 0 Å². The summed E-state index contributed by atoms with van der Waals surface area (Å²) in [5.41, 5.74) is 1.88. The Morgan fingerprint density at radius 1 is 1.08 bits per heavy atom. The number of methoxy groups -OCH3 is 2. The molecule has 0 saturated carbocycles. The standard InChI is InChI=1S/C19H21NO6/c1-12-6-16(22-2)19(17(7-12)23-3)24-10-18(21)20-9-13-4-5-14-15(8-13)26-11-25-14/h4-8H,9-11H2,1-3H3,(H,20,21). The quantitative estimate of drug-likeness (QED) is 0.818. The summed E-state index contributed by atoms with van der Waals surface area (Å²) >= 11 is 0. The summed E-state index contributed by atoms with van der Waals surface area (Å²) in [6.45, 7) is 2.35. The van der Waals surface area contributed by atoms with Gasteiger partial charge in [0.1, 0.15) is 0 Å². The number of aryl methyl sites for hydroxylation is 1. The maximum atomic E-state index is 12.1. The van der Waals surface area contributed by atoms with Crippen molar-refractivity contribution in [1.82, 2.24) is 5.32 Å². The third-order valence-electron chi connectivity index (χ3n) is 3.88. The number of rotatable bonds is 7. The summed E-state index contributed by atoms with van der Waals surface area (Å²) in [4.78, 5) is 12.1. The van der Waals surface area contributed by atoms with Crippen molar-refractivity contribution in [2.45, 2.75) is 13.5 Å². The molecule has 0 spiro atoms. The van der Waals surface area contributed by atoms with E-state index >= 15 is 0 Å². The lowest BCUT2D eigenvalue weighted by atomic mass is 10.2. The highest BCUT2D eigenvalue weighted by Crippen LogP contribution is 2.38. The normalized spacial score (nSPS) is 11.8. The van der Waals surface area contributed by atoms with Crippen LogP contribution in [0.2, 0.25) is 0 Å². The van der Waals surface area contributed by atoms with Crippen LogP contribution < -0.4 is 29.0 Å². The highest BCUT2D eigenvalue weighted by atomic mass is 16.7. The first kappa shape index (κ1) is 17.7. The molecule has 26 heavy (non-hydrogen) atoms. The van der Waals surface area contributed by atoms with Crippen molar-refractivity contribution in [3.63, 3.8) is 0 Å². The summed E-state index contributed by atoms with van der Waals surface area (Å²) in [6.07, 6.45) is 0. The predicted molar refractivity (Wildman–Crippen MR) is 94.2 cm³/mol. The maximum Gasteiger partial charge on any atom is 0.258 e. The Morgan fingerprint density at radius 2 is 1.77 bits per heavy atom. The summed E-state index contributed by atoms with van der Waals surface area (Å²) in [7, 11) is 3.08. The lowest BCUT2D eigenvalue weighted by molar-refractivity contribution is -0.123. The van der Waals surface area contributed by atoms with Crippen molar-refractivity contribution >= 4 is 5.91 Å². The molecule has 1 amide bonds. The zero-order valence-corrected chi connectivity index (χ0v) is 15.0. The fourth-order valence-electron chi connectivity index (χ4n) is 2.59. The van der Waals surface area contributed by atoms with Crippen LogP contribution >= 0.6 is 0 Å². The van der Waals surface area contributed by atoms with Gasteiger partial charge in [-0.1, -0.05) is 6.07 Å². The SMILES string of the molecule is COc1cc(C)cc(OC)c1OCC(=O)NCc1ccc2c(c1)OCO2. The summed E-state index contributed by atoms with van der Waals surface area (Å²) in [5, 5.41) is 2.80. The van der Waals surface area contributed by atoms with E-state index in [1.165, 1.54) is 0 Å². The van der Waals surface area contributed by atoms with Crippen molar-refractivity contribution in [3.8, 4) is 28.7 Å². The fraction of sp³-hybridized carbons (Fsp3) is 0.316. The molecule has 0 bridgehead atoms. The Labute approximate surface area is 151 Å². The monoisotopic (exact) mass is 359 g/mol. The van der Waals surface area contributed by atoms with Crippen LogP contribution in [0.25, 0.3) is 0 Å². The Bertz CT molecular complexity index is 780. The first-order chi connectivity index (χ1) is 12.6. The summed E-state index contributed by atoms with van der Waals surface area (Å²) in [6, 6.07) is 9.18. The Balaban J connectivity index is 1.58. The van der Waals surface area contributed by atoms with E-state index in [2.05, 4.69) is 5.32 Å². The first-order valence-electron chi connectivity index (χ1n) is 8.11. The molecule has 0 fully saturated rings. The zero-order valence-electron chi connectivity index (χ0n) is 15.0. The zero-order chi connectivity index (χ0) is 18.5. The third kappa shape index (κ3) is 3.93. The number of amides is 1. The molecule has 3 rings (SSSR count). The molecule has 0 aromatic heterocycles. The van der Waals surface area contributed by atoms with Gasteiger partial charge < -0.3 is 29.0 Å². The topological polar surface area (TPSA) is 75.3 Å². The molecule has 0 unspecified atom stereocenters. The Morgan fingerprint density at radius 3 is 2.46 bits per heavy atom. The van der Waals surface area contributed by atoms with Gasteiger partial charge in [0, 0.05) is 6.54 Å². The van der Waals surface area contributed by atoms with E-state index in [0.717, 1.165) is 11.1 Å². The molecular weight excluding hydrogens is 338 g/mol. The van der Waals surface area contributed by atoms with Crippen LogP contribution in [-0.4, -0.2) is 33.5 Å². The summed E-state index contributed by atoms with van der Waals surface area (Å²) < 4.78 is 26.8. The molecule has 0 radical (unpaired) electrons. The number of ether oxygens (including phenoxy) is 5. The average molecular weight is 359 g/mol. The number of carbonyl (C=O) groups excluding carboxylic acids is 1. The van der Waals surface area contributed by atoms with Gasteiger partial charge in [-0.25, -0.2) is 0 Å². The van der Waals surface area contributed by atoms with Gasteiger partial charge in [0.15, 0.2) is 29.6 Å². The molecule has 1 heterocycles. The Hall–Kier alpha value is -3.09.